The summed E-state index contributed by atoms with van der Waals surface area (Å²) < 4.78 is 0. The van der Waals surface area contributed by atoms with Gasteiger partial charge in [0.15, 0.2) is 0 Å². The maximum atomic E-state index is 12.6. The Bertz CT molecular complexity index is 756. The smallest absolute Gasteiger partial charge is 0.257 e. The quantitative estimate of drug-likeness (QED) is 0.881. The largest absolute Gasteiger partial charge is 0.322 e. The Hall–Kier alpha value is -1.91. The number of hydrogen-bond donors (Lipinski definition) is 2. The zero-order valence-corrected chi connectivity index (χ0v) is 15.1. The Balaban J connectivity index is 0.00000182. The van der Waals surface area contributed by atoms with E-state index < -0.39 is 0 Å². The average molecular weight is 358 g/mol. The molecule has 4 rings (SSSR count). The van der Waals surface area contributed by atoms with Gasteiger partial charge in [-0.3, -0.25) is 9.78 Å². The van der Waals surface area contributed by atoms with E-state index in [-0.39, 0.29) is 18.3 Å². The van der Waals surface area contributed by atoms with Crippen LogP contribution >= 0.6 is 12.4 Å². The predicted octanol–water partition coefficient (Wildman–Crippen LogP) is 3.40. The molecule has 0 saturated carbocycles. The maximum absolute atomic E-state index is 12.6. The Morgan fingerprint density at radius 1 is 1.28 bits per heavy atom. The second kappa shape index (κ2) is 7.98. The molecule has 1 aromatic carbocycles. The van der Waals surface area contributed by atoms with Gasteiger partial charge in [0.1, 0.15) is 0 Å². The van der Waals surface area contributed by atoms with E-state index in [0.717, 1.165) is 43.6 Å². The van der Waals surface area contributed by atoms with Gasteiger partial charge in [0, 0.05) is 18.1 Å². The summed E-state index contributed by atoms with van der Waals surface area (Å²) in [6.45, 7) is 2.16. The number of hydrogen-bond acceptors (Lipinski definition) is 3. The zero-order chi connectivity index (χ0) is 16.4. The molecule has 0 bridgehead atoms. The molecule has 1 saturated heterocycles. The van der Waals surface area contributed by atoms with Crippen LogP contribution in [0.1, 0.15) is 39.9 Å². The first kappa shape index (κ1) is 17.9. The van der Waals surface area contributed by atoms with E-state index in [0.29, 0.717) is 11.5 Å². The molecule has 1 aromatic heterocycles. The van der Waals surface area contributed by atoms with Crippen molar-refractivity contribution in [1.29, 1.82) is 0 Å². The minimum atomic E-state index is -0.0609. The molecule has 1 aliphatic carbocycles. The summed E-state index contributed by atoms with van der Waals surface area (Å²) in [6.07, 6.45) is 9.08. The van der Waals surface area contributed by atoms with Crippen LogP contribution < -0.4 is 10.6 Å². The van der Waals surface area contributed by atoms with Crippen molar-refractivity contribution in [2.24, 2.45) is 5.92 Å². The van der Waals surface area contributed by atoms with E-state index in [9.17, 15) is 4.79 Å². The van der Waals surface area contributed by atoms with Crippen LogP contribution in [-0.2, 0) is 19.3 Å². The van der Waals surface area contributed by atoms with E-state index in [4.69, 9.17) is 0 Å². The molecule has 1 aliphatic heterocycles. The summed E-state index contributed by atoms with van der Waals surface area (Å²) in [7, 11) is 0. The zero-order valence-electron chi connectivity index (χ0n) is 14.3. The summed E-state index contributed by atoms with van der Waals surface area (Å²) in [5.74, 6) is 0.594. The molecule has 1 atom stereocenters. The van der Waals surface area contributed by atoms with Crippen molar-refractivity contribution in [2.75, 3.05) is 18.4 Å². The van der Waals surface area contributed by atoms with Crippen LogP contribution in [0.4, 0.5) is 5.69 Å². The van der Waals surface area contributed by atoms with Crippen molar-refractivity contribution in [3.8, 4) is 0 Å². The molecule has 0 spiro atoms. The molecule has 5 heteroatoms. The molecule has 2 N–H and O–H groups in total. The number of amides is 1. The molecule has 2 aliphatic rings. The van der Waals surface area contributed by atoms with Gasteiger partial charge in [-0.25, -0.2) is 0 Å². The molecule has 132 valence electrons. The second-order valence-electron chi connectivity index (χ2n) is 6.90. The van der Waals surface area contributed by atoms with Crippen molar-refractivity contribution < 1.29 is 4.79 Å². The first-order valence-electron chi connectivity index (χ1n) is 8.86. The van der Waals surface area contributed by atoms with E-state index >= 15 is 0 Å². The number of nitrogens with zero attached hydrogens (tertiary/aromatic N) is 1. The molecule has 2 heterocycles. The van der Waals surface area contributed by atoms with Gasteiger partial charge in [0.25, 0.3) is 5.91 Å². The number of anilines is 1. The SMILES string of the molecule is Cl.O=C(Nc1cccc2c1CCC2)c1cncc(CC2CCNC2)c1. The van der Waals surface area contributed by atoms with Crippen LogP contribution in [0.15, 0.2) is 36.7 Å². The lowest BCUT2D eigenvalue weighted by molar-refractivity contribution is 0.102. The summed E-state index contributed by atoms with van der Waals surface area (Å²) in [5.41, 5.74) is 5.42. The maximum Gasteiger partial charge on any atom is 0.257 e. The Labute approximate surface area is 154 Å². The number of carbonyl (C=O) groups excluding carboxylic acids is 1. The van der Waals surface area contributed by atoms with Gasteiger partial charge in [-0.15, -0.1) is 12.4 Å². The van der Waals surface area contributed by atoms with Crippen LogP contribution in [0.2, 0.25) is 0 Å². The molecule has 1 amide bonds. The Morgan fingerprint density at radius 3 is 3.04 bits per heavy atom. The number of aromatic nitrogens is 1. The van der Waals surface area contributed by atoms with Gasteiger partial charge in [-0.05, 0) is 79.9 Å². The third kappa shape index (κ3) is 4.02. The van der Waals surface area contributed by atoms with Gasteiger partial charge in [0.05, 0.1) is 5.56 Å². The van der Waals surface area contributed by atoms with E-state index in [2.05, 4.69) is 21.7 Å². The summed E-state index contributed by atoms with van der Waals surface area (Å²) in [5, 5.41) is 6.47. The fourth-order valence-corrected chi connectivity index (χ4v) is 3.88. The third-order valence-electron chi connectivity index (χ3n) is 5.14. The topological polar surface area (TPSA) is 54.0 Å². The van der Waals surface area contributed by atoms with Gasteiger partial charge in [-0.1, -0.05) is 12.1 Å². The standard InChI is InChI=1S/C20H23N3O.ClH/c24-20(23-19-6-2-4-16-3-1-5-18(16)19)17-10-15(12-22-13-17)9-14-7-8-21-11-14;/h2,4,6,10,12-14,21H,1,3,5,7-9,11H2,(H,23,24);1H. The van der Waals surface area contributed by atoms with Crippen LogP contribution in [-0.4, -0.2) is 24.0 Å². The number of benzene rings is 1. The Kier molecular flexibility index (Phi) is 5.71. The lowest BCUT2D eigenvalue weighted by Crippen LogP contribution is -2.15. The lowest BCUT2D eigenvalue weighted by atomic mass is 9.99. The Morgan fingerprint density at radius 2 is 2.20 bits per heavy atom. The van der Waals surface area contributed by atoms with Gasteiger partial charge < -0.3 is 10.6 Å². The number of fused-ring (bicyclic) bond motifs is 1. The van der Waals surface area contributed by atoms with E-state index in [1.807, 2.05) is 24.4 Å². The molecule has 25 heavy (non-hydrogen) atoms. The minimum Gasteiger partial charge on any atom is -0.322 e. The minimum absolute atomic E-state index is 0. The first-order valence-corrected chi connectivity index (χ1v) is 8.86. The number of halogens is 1. The van der Waals surface area contributed by atoms with Crippen molar-refractivity contribution in [2.45, 2.75) is 32.1 Å². The predicted molar refractivity (Wildman–Crippen MR) is 103 cm³/mol. The molecule has 2 aromatic rings. The number of aryl methyl sites for hydroxylation is 1. The van der Waals surface area contributed by atoms with Gasteiger partial charge in [0.2, 0.25) is 0 Å². The van der Waals surface area contributed by atoms with E-state index in [1.165, 1.54) is 24.0 Å². The van der Waals surface area contributed by atoms with Crippen molar-refractivity contribution in [1.82, 2.24) is 10.3 Å². The molecule has 4 nitrogen and oxygen atoms in total. The van der Waals surface area contributed by atoms with Gasteiger partial charge >= 0.3 is 0 Å². The highest BCUT2D eigenvalue weighted by atomic mass is 35.5. The number of carbonyl (C=O) groups is 1. The van der Waals surface area contributed by atoms with Gasteiger partial charge in [-0.2, -0.15) is 0 Å². The third-order valence-corrected chi connectivity index (χ3v) is 5.14. The molecule has 1 fully saturated rings. The lowest BCUT2D eigenvalue weighted by Gasteiger charge is -2.12. The first-order chi connectivity index (χ1) is 11.8. The number of rotatable bonds is 4. The van der Waals surface area contributed by atoms with Crippen LogP contribution in [0.3, 0.4) is 0 Å². The molecule has 0 radical (unpaired) electrons. The highest BCUT2D eigenvalue weighted by Crippen LogP contribution is 2.29. The van der Waals surface area contributed by atoms with Crippen LogP contribution in [0, 0.1) is 5.92 Å². The molecular formula is C20H24ClN3O. The normalized spacial score (nSPS) is 18.5. The van der Waals surface area contributed by atoms with Crippen molar-refractivity contribution in [3.05, 3.63) is 58.9 Å². The van der Waals surface area contributed by atoms with Crippen LogP contribution in [0.25, 0.3) is 0 Å². The number of pyridine rings is 1. The number of nitrogens with one attached hydrogen (secondary N) is 2. The summed E-state index contributed by atoms with van der Waals surface area (Å²) in [4.78, 5) is 16.9. The fourth-order valence-electron chi connectivity index (χ4n) is 3.88. The van der Waals surface area contributed by atoms with Crippen LogP contribution in [0.5, 0.6) is 0 Å². The molecular weight excluding hydrogens is 334 g/mol. The van der Waals surface area contributed by atoms with E-state index in [1.54, 1.807) is 6.20 Å². The van der Waals surface area contributed by atoms with Crippen molar-refractivity contribution >= 4 is 24.0 Å². The highest BCUT2D eigenvalue weighted by molar-refractivity contribution is 6.04. The van der Waals surface area contributed by atoms with Crippen molar-refractivity contribution in [3.63, 3.8) is 0 Å². The second-order valence-corrected chi connectivity index (χ2v) is 6.90. The average Bonchev–Trinajstić information content (AvgIpc) is 3.27. The highest BCUT2D eigenvalue weighted by Gasteiger charge is 2.18. The molecule has 1 unspecified atom stereocenters. The monoisotopic (exact) mass is 357 g/mol. The summed E-state index contributed by atoms with van der Waals surface area (Å²) in [6, 6.07) is 8.19. The fraction of sp³-hybridized carbons (Fsp3) is 0.400. The summed E-state index contributed by atoms with van der Waals surface area (Å²) >= 11 is 0.